The largest absolute Gasteiger partial charge is 0.457 e. The van der Waals surface area contributed by atoms with E-state index < -0.39 is 0 Å². The topological polar surface area (TPSA) is 13.1 Å². The molecule has 1 heterocycles. The van der Waals surface area contributed by atoms with Gasteiger partial charge in [-0.15, -0.1) is 43.7 Å². The van der Waals surface area contributed by atoms with E-state index >= 15 is 0 Å². The average Bonchev–Trinajstić information content (AvgIpc) is 3.54. The molecule has 53 heavy (non-hydrogen) atoms. The number of hydrogen-bond acceptors (Lipinski definition) is 1. The van der Waals surface area contributed by atoms with Gasteiger partial charge in [-0.3, -0.25) is 0 Å². The lowest BCUT2D eigenvalue weighted by Gasteiger charge is -2.31. The van der Waals surface area contributed by atoms with Gasteiger partial charge in [0.1, 0.15) is 168 Å². The second-order valence-corrected chi connectivity index (χ2v) is 17.0. The van der Waals surface area contributed by atoms with Crippen LogP contribution in [0.4, 0.5) is 0 Å². The quantitative estimate of drug-likeness (QED) is 0.133. The number of furan rings is 1. The normalized spacial score (nSPS) is 11.8. The average molecular weight is 657 g/mol. The maximum absolute atomic E-state index is 6.95. The third-order valence-corrected chi connectivity index (χ3v) is 15.2. The summed E-state index contributed by atoms with van der Waals surface area (Å²) < 4.78 is 6.95. The van der Waals surface area contributed by atoms with Crippen molar-refractivity contribution in [2.24, 2.45) is 0 Å². The lowest BCUT2D eigenvalue weighted by atomic mass is 9.56. The van der Waals surface area contributed by atoms with E-state index in [1.54, 1.807) is 0 Å². The molecule has 21 heteroatoms. The van der Waals surface area contributed by atoms with Crippen molar-refractivity contribution in [3.05, 3.63) is 0 Å². The third-order valence-electron chi connectivity index (χ3n) is 15.2. The van der Waals surface area contributed by atoms with Gasteiger partial charge in [0, 0.05) is 10.8 Å². The van der Waals surface area contributed by atoms with Gasteiger partial charge >= 0.3 is 0 Å². The molecule has 0 bridgehead atoms. The SMILES string of the molecule is Bc1c(B)c(B)c(-c2c3c(B)c(B)c(B)c(B)c3c(-c3c(B)c(B)c4oc5c(B)c(B)c(B)c(B)c5c4c3B)c3c(B)c(B)c(B)c(B)c23)c(B)c1B. The molecule has 0 N–H and O–H groups in total. The first-order chi connectivity index (χ1) is 24.7. The Labute approximate surface area is 334 Å². The summed E-state index contributed by atoms with van der Waals surface area (Å²) in [7, 11) is 46.7. The fourth-order valence-corrected chi connectivity index (χ4v) is 10.2. The first-order valence-electron chi connectivity index (χ1n) is 19.7. The lowest BCUT2D eigenvalue weighted by Crippen LogP contribution is -2.55. The fraction of sp³-hybridized carbons (Fsp3) is 0. The van der Waals surface area contributed by atoms with Gasteiger partial charge in [-0.2, -0.15) is 0 Å². The summed E-state index contributed by atoms with van der Waals surface area (Å²) in [4.78, 5) is 0. The predicted octanol–water partition coefficient (Wildman–Crippen LogP) is -25.6. The summed E-state index contributed by atoms with van der Waals surface area (Å²) in [5, 5.41) is 8.21. The summed E-state index contributed by atoms with van der Waals surface area (Å²) in [5.74, 6) is 0. The standard InChI is InChI=1S/C32H40B20O/c33-11-7(18(40)29(51)31-9(11)10-19(41)26(48)28(50)30(52)32(10)53-31)1-3-5(14(36)22(44)20(42)12(3)34)2(6-4(1)13(35)21(43)23(45)15(6)37)8-16(38)24(46)27(49)25(47)17(8)39/h33-52H2. The molecular weight excluding hydrogens is 617 g/mol. The number of benzene rings is 6. The van der Waals surface area contributed by atoms with E-state index in [4.69, 9.17) is 4.42 Å². The molecule has 0 unspecified atom stereocenters. The molecule has 7 aromatic rings. The number of hydrogen-bond donors (Lipinski definition) is 0. The van der Waals surface area contributed by atoms with E-state index in [9.17, 15) is 0 Å². The summed E-state index contributed by atoms with van der Waals surface area (Å²) in [6.07, 6.45) is 0. The molecule has 0 aliphatic carbocycles. The first-order valence-corrected chi connectivity index (χ1v) is 19.7. The van der Waals surface area contributed by atoms with Crippen molar-refractivity contribution >= 4 is 310 Å². The minimum Gasteiger partial charge on any atom is -0.457 e. The van der Waals surface area contributed by atoms with E-state index in [-0.39, 0.29) is 0 Å². The van der Waals surface area contributed by atoms with Crippen LogP contribution >= 0.6 is 0 Å². The van der Waals surface area contributed by atoms with E-state index in [0.29, 0.717) is 0 Å². The molecule has 0 saturated carbocycles. The van der Waals surface area contributed by atoms with Crippen LogP contribution in [0, 0.1) is 0 Å². The molecule has 0 atom stereocenters. The van der Waals surface area contributed by atoms with Gasteiger partial charge in [0.15, 0.2) is 0 Å². The van der Waals surface area contributed by atoms with E-state index in [0.717, 1.165) is 11.2 Å². The monoisotopic (exact) mass is 660 g/mol. The highest BCUT2D eigenvalue weighted by molar-refractivity contribution is 6.75. The Morgan fingerprint density at radius 2 is 0.377 bits per heavy atom. The second kappa shape index (κ2) is 12.7. The molecule has 0 amide bonds. The van der Waals surface area contributed by atoms with Gasteiger partial charge in [-0.05, 0) is 43.8 Å². The van der Waals surface area contributed by atoms with Crippen LogP contribution in [0.1, 0.15) is 0 Å². The molecule has 6 aromatic carbocycles. The Morgan fingerprint density at radius 3 is 0.736 bits per heavy atom. The van der Waals surface area contributed by atoms with E-state index in [1.165, 1.54) is 164 Å². The summed E-state index contributed by atoms with van der Waals surface area (Å²) >= 11 is 0. The fourth-order valence-electron chi connectivity index (χ4n) is 10.2. The van der Waals surface area contributed by atoms with Gasteiger partial charge in [-0.1, -0.05) is 65.6 Å². The van der Waals surface area contributed by atoms with Crippen LogP contribution in [0.5, 0.6) is 0 Å². The first kappa shape index (κ1) is 38.2. The molecule has 1 nitrogen and oxygen atoms in total. The molecular formula is C32H40B20O. The number of fused-ring (bicyclic) bond motifs is 5. The highest BCUT2D eigenvalue weighted by Crippen LogP contribution is 2.39. The van der Waals surface area contributed by atoms with Crippen LogP contribution in [0.25, 0.3) is 65.7 Å². The Morgan fingerprint density at radius 1 is 0.170 bits per heavy atom. The van der Waals surface area contributed by atoms with Crippen LogP contribution in [-0.2, 0) is 0 Å². The van der Waals surface area contributed by atoms with Crippen molar-refractivity contribution in [1.82, 2.24) is 0 Å². The van der Waals surface area contributed by atoms with Crippen molar-refractivity contribution < 1.29 is 4.42 Å². The molecule has 234 valence electrons. The van der Waals surface area contributed by atoms with Crippen LogP contribution in [0.2, 0.25) is 0 Å². The van der Waals surface area contributed by atoms with Gasteiger partial charge < -0.3 is 4.42 Å². The highest BCUT2D eigenvalue weighted by Gasteiger charge is 2.30. The van der Waals surface area contributed by atoms with Crippen molar-refractivity contribution in [3.63, 3.8) is 0 Å². The summed E-state index contributed by atoms with van der Waals surface area (Å²) in [6, 6.07) is 0. The number of rotatable bonds is 2. The zero-order valence-electron chi connectivity index (χ0n) is 36.4. The van der Waals surface area contributed by atoms with Gasteiger partial charge in [0.25, 0.3) is 0 Å². The van der Waals surface area contributed by atoms with Gasteiger partial charge in [0.2, 0.25) is 0 Å². The Bertz CT molecular complexity index is 2780. The van der Waals surface area contributed by atoms with Crippen LogP contribution in [0.3, 0.4) is 0 Å². The van der Waals surface area contributed by atoms with Gasteiger partial charge in [0.05, 0.1) is 0 Å². The molecule has 7 rings (SSSR count). The molecule has 1 aromatic heterocycles. The Kier molecular flexibility index (Phi) is 9.19. The highest BCUT2D eigenvalue weighted by atomic mass is 16.3. The molecule has 0 saturated heterocycles. The maximum atomic E-state index is 6.95. The van der Waals surface area contributed by atoms with Crippen molar-refractivity contribution in [1.29, 1.82) is 0 Å². The molecule has 0 radical (unpaired) electrons. The third kappa shape index (κ3) is 4.86. The van der Waals surface area contributed by atoms with E-state index in [2.05, 4.69) is 157 Å². The van der Waals surface area contributed by atoms with Crippen molar-refractivity contribution in [3.8, 4) is 22.3 Å². The van der Waals surface area contributed by atoms with Crippen molar-refractivity contribution in [2.45, 2.75) is 0 Å². The minimum absolute atomic E-state index is 1.04. The van der Waals surface area contributed by atoms with Gasteiger partial charge in [-0.25, -0.2) is 0 Å². The second-order valence-electron chi connectivity index (χ2n) is 17.0. The predicted molar refractivity (Wildman–Crippen MR) is 303 cm³/mol. The molecule has 0 fully saturated rings. The summed E-state index contributed by atoms with van der Waals surface area (Å²) in [5.41, 5.74) is 35.0. The minimum atomic E-state index is 1.04. The Balaban J connectivity index is 1.91. The maximum Gasteiger partial charge on any atom is 0.143 e. The zero-order chi connectivity index (χ0) is 39.2. The van der Waals surface area contributed by atoms with Crippen molar-refractivity contribution in [2.75, 3.05) is 0 Å². The van der Waals surface area contributed by atoms with Crippen LogP contribution in [-0.4, -0.2) is 157 Å². The lowest BCUT2D eigenvalue weighted by molar-refractivity contribution is 0.675. The molecule has 0 aliphatic heterocycles. The molecule has 0 spiro atoms. The zero-order valence-corrected chi connectivity index (χ0v) is 36.4. The van der Waals surface area contributed by atoms with Crippen LogP contribution in [0.15, 0.2) is 4.42 Å². The van der Waals surface area contributed by atoms with Crippen LogP contribution < -0.4 is 109 Å². The molecule has 0 aliphatic rings. The smallest absolute Gasteiger partial charge is 0.143 e. The van der Waals surface area contributed by atoms with E-state index in [1.807, 2.05) is 0 Å². The Hall–Kier alpha value is -3.06. The summed E-state index contributed by atoms with van der Waals surface area (Å²) in [6.45, 7) is 0.